The van der Waals surface area contributed by atoms with Gasteiger partial charge in [0, 0.05) is 11.8 Å². The SMILES string of the molecule is Cc1ccc(-c2cn(C3OC(CO)C(O)C3O)c3ncnc(N)c23)cc1. The molecule has 3 heterocycles. The molecule has 4 rings (SSSR count). The Kier molecular flexibility index (Phi) is 4.12. The lowest BCUT2D eigenvalue weighted by Gasteiger charge is -2.17. The molecule has 4 atom stereocenters. The molecule has 0 aliphatic carbocycles. The first-order chi connectivity index (χ1) is 12.5. The highest BCUT2D eigenvalue weighted by Crippen LogP contribution is 2.38. The van der Waals surface area contributed by atoms with Crippen molar-refractivity contribution in [1.29, 1.82) is 0 Å². The van der Waals surface area contributed by atoms with Gasteiger partial charge in [-0.3, -0.25) is 0 Å². The van der Waals surface area contributed by atoms with Crippen LogP contribution in [0.15, 0.2) is 36.8 Å². The van der Waals surface area contributed by atoms with Gasteiger partial charge in [-0.25, -0.2) is 9.97 Å². The Morgan fingerprint density at radius 2 is 1.88 bits per heavy atom. The van der Waals surface area contributed by atoms with E-state index in [2.05, 4.69) is 9.97 Å². The van der Waals surface area contributed by atoms with E-state index < -0.39 is 31.1 Å². The molecule has 0 spiro atoms. The Bertz CT molecular complexity index is 940. The molecule has 26 heavy (non-hydrogen) atoms. The van der Waals surface area contributed by atoms with E-state index in [0.29, 0.717) is 16.9 Å². The molecule has 8 nitrogen and oxygen atoms in total. The highest BCUT2D eigenvalue weighted by Gasteiger charge is 2.44. The summed E-state index contributed by atoms with van der Waals surface area (Å²) < 4.78 is 7.28. The van der Waals surface area contributed by atoms with Crippen molar-refractivity contribution in [1.82, 2.24) is 14.5 Å². The Hall–Kier alpha value is -2.52. The second-order valence-electron chi connectivity index (χ2n) is 6.50. The summed E-state index contributed by atoms with van der Waals surface area (Å²) in [6, 6.07) is 7.92. The number of hydrogen-bond acceptors (Lipinski definition) is 7. The number of anilines is 1. The zero-order chi connectivity index (χ0) is 18.4. The van der Waals surface area contributed by atoms with Gasteiger partial charge >= 0.3 is 0 Å². The maximum absolute atomic E-state index is 10.4. The van der Waals surface area contributed by atoms with Gasteiger partial charge in [0.05, 0.1) is 12.0 Å². The third-order valence-corrected chi connectivity index (χ3v) is 4.79. The van der Waals surface area contributed by atoms with E-state index in [1.807, 2.05) is 31.2 Å². The Balaban J connectivity index is 1.89. The van der Waals surface area contributed by atoms with Crippen LogP contribution >= 0.6 is 0 Å². The van der Waals surface area contributed by atoms with Crippen molar-refractivity contribution in [3.05, 3.63) is 42.4 Å². The highest BCUT2D eigenvalue weighted by atomic mass is 16.6. The van der Waals surface area contributed by atoms with Crippen molar-refractivity contribution in [2.45, 2.75) is 31.5 Å². The smallest absolute Gasteiger partial charge is 0.164 e. The number of nitrogens with zero attached hydrogens (tertiary/aromatic N) is 3. The number of aryl methyl sites for hydroxylation is 1. The first kappa shape index (κ1) is 16.9. The average molecular weight is 356 g/mol. The van der Waals surface area contributed by atoms with Gasteiger partial charge in [-0.2, -0.15) is 0 Å². The molecular weight excluding hydrogens is 336 g/mol. The van der Waals surface area contributed by atoms with E-state index in [1.54, 1.807) is 10.8 Å². The lowest BCUT2D eigenvalue weighted by atomic mass is 10.0. The van der Waals surface area contributed by atoms with Crippen LogP contribution in [0, 0.1) is 6.92 Å². The number of ether oxygens (including phenoxy) is 1. The highest BCUT2D eigenvalue weighted by molar-refractivity contribution is 6.00. The van der Waals surface area contributed by atoms with Crippen molar-refractivity contribution in [3.8, 4) is 11.1 Å². The average Bonchev–Trinajstić information content (AvgIpc) is 3.15. The third kappa shape index (κ3) is 2.55. The third-order valence-electron chi connectivity index (χ3n) is 4.79. The normalized spacial score (nSPS) is 25.8. The molecule has 3 aromatic rings. The number of aliphatic hydroxyl groups excluding tert-OH is 3. The van der Waals surface area contributed by atoms with E-state index in [-0.39, 0.29) is 0 Å². The van der Waals surface area contributed by atoms with Crippen molar-refractivity contribution in [2.24, 2.45) is 0 Å². The van der Waals surface area contributed by atoms with Crippen LogP contribution in [0.4, 0.5) is 5.82 Å². The van der Waals surface area contributed by atoms with Crippen LogP contribution in [0.2, 0.25) is 0 Å². The number of fused-ring (bicyclic) bond motifs is 1. The zero-order valence-corrected chi connectivity index (χ0v) is 14.1. The molecule has 8 heteroatoms. The van der Waals surface area contributed by atoms with E-state index in [9.17, 15) is 15.3 Å². The van der Waals surface area contributed by atoms with Gasteiger partial charge in [-0.05, 0) is 12.5 Å². The Labute approximate surface area is 149 Å². The van der Waals surface area contributed by atoms with E-state index in [4.69, 9.17) is 10.5 Å². The number of rotatable bonds is 3. The number of nitrogen functional groups attached to an aromatic ring is 1. The minimum atomic E-state index is -1.20. The van der Waals surface area contributed by atoms with Crippen LogP contribution < -0.4 is 5.73 Å². The van der Waals surface area contributed by atoms with Crippen LogP contribution in [0.3, 0.4) is 0 Å². The molecule has 1 fully saturated rings. The van der Waals surface area contributed by atoms with E-state index >= 15 is 0 Å². The summed E-state index contributed by atoms with van der Waals surface area (Å²) in [5, 5.41) is 30.4. The van der Waals surface area contributed by atoms with Crippen molar-refractivity contribution < 1.29 is 20.1 Å². The number of hydrogen-bond donors (Lipinski definition) is 4. The van der Waals surface area contributed by atoms with Gasteiger partial charge in [-0.15, -0.1) is 0 Å². The first-order valence-electron chi connectivity index (χ1n) is 8.31. The quantitative estimate of drug-likeness (QED) is 0.541. The summed E-state index contributed by atoms with van der Waals surface area (Å²) in [5.41, 5.74) is 9.44. The van der Waals surface area contributed by atoms with Gasteiger partial charge in [0.25, 0.3) is 0 Å². The standard InChI is InChI=1S/C18H20N4O4/c1-9-2-4-10(5-3-9)11-6-22(17-13(11)16(19)20-8-21-17)18-15(25)14(24)12(7-23)26-18/h2-6,8,12,14-15,18,23-25H,7H2,1H3,(H2,19,20,21). The summed E-state index contributed by atoms with van der Waals surface area (Å²) in [6.45, 7) is 1.61. The van der Waals surface area contributed by atoms with Crippen molar-refractivity contribution in [3.63, 3.8) is 0 Å². The summed E-state index contributed by atoms with van der Waals surface area (Å²) >= 11 is 0. The van der Waals surface area contributed by atoms with E-state index in [0.717, 1.165) is 16.7 Å². The maximum atomic E-state index is 10.4. The van der Waals surface area contributed by atoms with Crippen LogP contribution in [0.5, 0.6) is 0 Å². The molecule has 4 unspecified atom stereocenters. The fourth-order valence-corrected chi connectivity index (χ4v) is 3.36. The maximum Gasteiger partial charge on any atom is 0.164 e. The lowest BCUT2D eigenvalue weighted by molar-refractivity contribution is -0.0508. The largest absolute Gasteiger partial charge is 0.394 e. The predicted octanol–water partition coefficient (Wildman–Crippen LogP) is 0.600. The topological polar surface area (TPSA) is 127 Å². The molecule has 1 aliphatic heterocycles. The second kappa shape index (κ2) is 6.33. The summed E-state index contributed by atoms with van der Waals surface area (Å²) in [6.07, 6.45) is -1.03. The predicted molar refractivity (Wildman–Crippen MR) is 95.1 cm³/mol. The molecule has 5 N–H and O–H groups in total. The van der Waals surface area contributed by atoms with Gasteiger partial charge in [-0.1, -0.05) is 29.8 Å². The van der Waals surface area contributed by atoms with Crippen molar-refractivity contribution in [2.75, 3.05) is 12.3 Å². The van der Waals surface area contributed by atoms with Crippen LogP contribution in [0.25, 0.3) is 22.2 Å². The molecule has 136 valence electrons. The number of nitrogens with two attached hydrogens (primary N) is 1. The summed E-state index contributed by atoms with van der Waals surface area (Å²) in [4.78, 5) is 8.37. The first-order valence-corrected chi connectivity index (χ1v) is 8.31. The molecular formula is C18H20N4O4. The lowest BCUT2D eigenvalue weighted by Crippen LogP contribution is -2.33. The van der Waals surface area contributed by atoms with Crippen LogP contribution in [0.1, 0.15) is 11.8 Å². The van der Waals surface area contributed by atoms with Crippen molar-refractivity contribution >= 4 is 16.9 Å². The Morgan fingerprint density at radius 3 is 2.54 bits per heavy atom. The molecule has 2 aromatic heterocycles. The Morgan fingerprint density at radius 1 is 1.15 bits per heavy atom. The second-order valence-corrected chi connectivity index (χ2v) is 6.50. The van der Waals surface area contributed by atoms with E-state index in [1.165, 1.54) is 6.33 Å². The molecule has 0 bridgehead atoms. The monoisotopic (exact) mass is 356 g/mol. The van der Waals surface area contributed by atoms with Crippen LogP contribution in [-0.2, 0) is 4.74 Å². The van der Waals surface area contributed by atoms with Gasteiger partial charge in [0.15, 0.2) is 6.23 Å². The summed E-state index contributed by atoms with van der Waals surface area (Å²) in [7, 11) is 0. The van der Waals surface area contributed by atoms with Gasteiger partial charge < -0.3 is 30.4 Å². The number of benzene rings is 1. The van der Waals surface area contributed by atoms with Gasteiger partial charge in [0.2, 0.25) is 0 Å². The molecule has 0 saturated carbocycles. The summed E-state index contributed by atoms with van der Waals surface area (Å²) in [5.74, 6) is 0.316. The molecule has 1 saturated heterocycles. The van der Waals surface area contributed by atoms with Gasteiger partial charge in [0.1, 0.15) is 36.1 Å². The fraction of sp³-hybridized carbons (Fsp3) is 0.333. The van der Waals surface area contributed by atoms with Crippen LogP contribution in [-0.4, -0.2) is 54.8 Å². The fourth-order valence-electron chi connectivity index (χ4n) is 3.36. The minimum absolute atomic E-state index is 0.316. The molecule has 0 radical (unpaired) electrons. The molecule has 1 aliphatic rings. The number of aromatic nitrogens is 3. The number of aliphatic hydroxyl groups is 3. The molecule has 0 amide bonds. The molecule has 1 aromatic carbocycles. The minimum Gasteiger partial charge on any atom is -0.394 e. The zero-order valence-electron chi connectivity index (χ0n) is 14.1.